The molecule has 1 aromatic heterocycles. The highest BCUT2D eigenvalue weighted by molar-refractivity contribution is 5.79. The molecule has 0 amide bonds. The molecule has 0 aliphatic carbocycles. The minimum absolute atomic E-state index is 0.0288. The first-order valence-corrected chi connectivity index (χ1v) is 8.58. The second-order valence-corrected chi connectivity index (χ2v) is 6.91. The molecule has 0 radical (unpaired) electrons. The highest BCUT2D eigenvalue weighted by atomic mass is 16.5. The van der Waals surface area contributed by atoms with E-state index in [1.165, 1.54) is 12.8 Å². The predicted octanol–water partition coefficient (Wildman–Crippen LogP) is 2.60. The number of rotatable bonds is 6. The summed E-state index contributed by atoms with van der Waals surface area (Å²) in [5, 5.41) is 6.59. The molecule has 130 valence electrons. The molecule has 1 aliphatic heterocycles. The van der Waals surface area contributed by atoms with E-state index in [0.29, 0.717) is 18.5 Å². The van der Waals surface area contributed by atoms with Crippen molar-refractivity contribution in [3.05, 3.63) is 17.8 Å². The summed E-state index contributed by atoms with van der Waals surface area (Å²) in [6.45, 7) is 11.4. The minimum atomic E-state index is -0.0288. The van der Waals surface area contributed by atoms with E-state index < -0.39 is 0 Å². The van der Waals surface area contributed by atoms with E-state index in [4.69, 9.17) is 9.15 Å². The van der Waals surface area contributed by atoms with Crippen LogP contribution in [0.1, 0.15) is 58.6 Å². The average molecular weight is 322 g/mol. The highest BCUT2D eigenvalue weighted by Crippen LogP contribution is 2.22. The monoisotopic (exact) mass is 322 g/mol. The van der Waals surface area contributed by atoms with E-state index in [9.17, 15) is 0 Å². The zero-order chi connectivity index (χ0) is 16.7. The molecule has 1 aromatic rings. The Morgan fingerprint density at radius 2 is 2.22 bits per heavy atom. The van der Waals surface area contributed by atoms with Crippen molar-refractivity contribution in [3.63, 3.8) is 0 Å². The lowest BCUT2D eigenvalue weighted by molar-refractivity contribution is 0.105. The fraction of sp³-hybridized carbons (Fsp3) is 0.765. The smallest absolute Gasteiger partial charge is 0.216 e. The lowest BCUT2D eigenvalue weighted by atomic mass is 9.94. The van der Waals surface area contributed by atoms with Crippen molar-refractivity contribution in [2.24, 2.45) is 4.99 Å². The van der Waals surface area contributed by atoms with Gasteiger partial charge < -0.3 is 19.8 Å². The Morgan fingerprint density at radius 3 is 2.83 bits per heavy atom. The van der Waals surface area contributed by atoms with E-state index in [0.717, 1.165) is 37.8 Å². The lowest BCUT2D eigenvalue weighted by Crippen LogP contribution is -2.38. The maximum absolute atomic E-state index is 5.77. The maximum Gasteiger partial charge on any atom is 0.216 e. The van der Waals surface area contributed by atoms with Crippen molar-refractivity contribution in [3.8, 4) is 0 Å². The molecule has 0 bridgehead atoms. The molecule has 2 rings (SSSR count). The van der Waals surface area contributed by atoms with Crippen molar-refractivity contribution in [2.75, 3.05) is 19.7 Å². The van der Waals surface area contributed by atoms with Crippen LogP contribution in [0.15, 0.2) is 15.6 Å². The van der Waals surface area contributed by atoms with E-state index in [2.05, 4.69) is 48.3 Å². The first kappa shape index (κ1) is 17.8. The number of hydrogen-bond donors (Lipinski definition) is 2. The minimum Gasteiger partial charge on any atom is -0.443 e. The molecule has 2 heterocycles. The van der Waals surface area contributed by atoms with Gasteiger partial charge in [0.15, 0.2) is 5.96 Å². The Bertz CT molecular complexity index is 499. The summed E-state index contributed by atoms with van der Waals surface area (Å²) in [6, 6.07) is 0. The van der Waals surface area contributed by atoms with Crippen LogP contribution in [-0.2, 0) is 16.7 Å². The molecule has 1 fully saturated rings. The largest absolute Gasteiger partial charge is 0.443 e. The SMILES string of the molecule is CCNC(=NCc1ncc(C(C)(C)C)o1)NCCC1CCCO1. The Kier molecular flexibility index (Phi) is 6.45. The Hall–Kier alpha value is -1.56. The quantitative estimate of drug-likeness (QED) is 0.622. The van der Waals surface area contributed by atoms with Crippen molar-refractivity contribution >= 4 is 5.96 Å². The standard InChI is InChI=1S/C17H30N4O2/c1-5-18-16(19-9-8-13-7-6-10-22-13)21-12-15-20-11-14(23-15)17(2,3)4/h11,13H,5-10,12H2,1-4H3,(H2,18,19,21). The van der Waals surface area contributed by atoms with Gasteiger partial charge in [-0.3, -0.25) is 0 Å². The topological polar surface area (TPSA) is 71.7 Å². The highest BCUT2D eigenvalue weighted by Gasteiger charge is 2.19. The molecular formula is C17H30N4O2. The first-order chi connectivity index (χ1) is 11.0. The van der Waals surface area contributed by atoms with E-state index >= 15 is 0 Å². The molecule has 1 aliphatic rings. The number of nitrogens with one attached hydrogen (secondary N) is 2. The van der Waals surface area contributed by atoms with Gasteiger partial charge in [-0.25, -0.2) is 9.98 Å². The summed E-state index contributed by atoms with van der Waals surface area (Å²) in [5.41, 5.74) is -0.0288. The zero-order valence-electron chi connectivity index (χ0n) is 14.8. The van der Waals surface area contributed by atoms with Gasteiger partial charge in [-0.2, -0.15) is 0 Å². The van der Waals surface area contributed by atoms with Crippen LogP contribution in [0, 0.1) is 0 Å². The number of aromatic nitrogens is 1. The van der Waals surface area contributed by atoms with E-state index in [1.807, 2.05) is 0 Å². The molecule has 6 heteroatoms. The van der Waals surface area contributed by atoms with Gasteiger partial charge >= 0.3 is 0 Å². The molecule has 2 N–H and O–H groups in total. The van der Waals surface area contributed by atoms with Crippen LogP contribution < -0.4 is 10.6 Å². The average Bonchev–Trinajstić information content (AvgIpc) is 3.15. The van der Waals surface area contributed by atoms with Gasteiger partial charge in [0.1, 0.15) is 12.3 Å². The Morgan fingerprint density at radius 1 is 1.39 bits per heavy atom. The summed E-state index contributed by atoms with van der Waals surface area (Å²) in [4.78, 5) is 8.85. The van der Waals surface area contributed by atoms with Crippen LogP contribution >= 0.6 is 0 Å². The third-order valence-electron chi connectivity index (χ3n) is 3.79. The van der Waals surface area contributed by atoms with Crippen LogP contribution in [0.5, 0.6) is 0 Å². The van der Waals surface area contributed by atoms with Crippen molar-refractivity contribution in [1.29, 1.82) is 0 Å². The lowest BCUT2D eigenvalue weighted by Gasteiger charge is -2.14. The molecule has 1 atom stereocenters. The van der Waals surface area contributed by atoms with Crippen LogP contribution in [0.4, 0.5) is 0 Å². The normalized spacial score (nSPS) is 19.1. The van der Waals surface area contributed by atoms with Crippen molar-refractivity contribution < 1.29 is 9.15 Å². The summed E-state index contributed by atoms with van der Waals surface area (Å²) < 4.78 is 11.4. The van der Waals surface area contributed by atoms with E-state index in [1.54, 1.807) is 6.20 Å². The van der Waals surface area contributed by atoms with Gasteiger partial charge in [0, 0.05) is 25.1 Å². The number of hydrogen-bond acceptors (Lipinski definition) is 4. The van der Waals surface area contributed by atoms with Crippen LogP contribution in [0.25, 0.3) is 0 Å². The van der Waals surface area contributed by atoms with Gasteiger partial charge in [0.05, 0.1) is 12.3 Å². The van der Waals surface area contributed by atoms with Gasteiger partial charge in [-0.15, -0.1) is 0 Å². The van der Waals surface area contributed by atoms with Crippen molar-refractivity contribution in [1.82, 2.24) is 15.6 Å². The fourth-order valence-electron chi connectivity index (χ4n) is 2.44. The Labute approximate surface area is 139 Å². The second-order valence-electron chi connectivity index (χ2n) is 6.91. The van der Waals surface area contributed by atoms with Gasteiger partial charge in [-0.05, 0) is 26.2 Å². The number of nitrogens with zero attached hydrogens (tertiary/aromatic N) is 2. The van der Waals surface area contributed by atoms with Crippen LogP contribution in [-0.4, -0.2) is 36.7 Å². The van der Waals surface area contributed by atoms with Gasteiger partial charge in [0.25, 0.3) is 0 Å². The summed E-state index contributed by atoms with van der Waals surface area (Å²) >= 11 is 0. The fourth-order valence-corrected chi connectivity index (χ4v) is 2.44. The number of ether oxygens (including phenoxy) is 1. The molecule has 6 nitrogen and oxygen atoms in total. The summed E-state index contributed by atoms with van der Waals surface area (Å²) in [5.74, 6) is 2.33. The number of oxazole rings is 1. The summed E-state index contributed by atoms with van der Waals surface area (Å²) in [6.07, 6.45) is 5.55. The van der Waals surface area contributed by atoms with E-state index in [-0.39, 0.29) is 5.41 Å². The summed E-state index contributed by atoms with van der Waals surface area (Å²) in [7, 11) is 0. The predicted molar refractivity (Wildman–Crippen MR) is 91.6 cm³/mol. The Balaban J connectivity index is 1.83. The van der Waals surface area contributed by atoms with Crippen molar-refractivity contribution in [2.45, 2.75) is 65.0 Å². The molecular weight excluding hydrogens is 292 g/mol. The molecule has 1 saturated heterocycles. The molecule has 0 spiro atoms. The number of guanidine groups is 1. The molecule has 1 unspecified atom stereocenters. The van der Waals surface area contributed by atoms with Crippen LogP contribution in [0.2, 0.25) is 0 Å². The molecule has 0 saturated carbocycles. The third kappa shape index (κ3) is 5.86. The molecule has 0 aromatic carbocycles. The second kappa shape index (κ2) is 8.34. The van der Waals surface area contributed by atoms with Crippen LogP contribution in [0.3, 0.4) is 0 Å². The maximum atomic E-state index is 5.77. The number of aliphatic imine (C=N–C) groups is 1. The molecule has 23 heavy (non-hydrogen) atoms. The van der Waals surface area contributed by atoms with Gasteiger partial charge in [0.2, 0.25) is 5.89 Å². The van der Waals surface area contributed by atoms with Gasteiger partial charge in [-0.1, -0.05) is 20.8 Å². The zero-order valence-corrected chi connectivity index (χ0v) is 14.8. The first-order valence-electron chi connectivity index (χ1n) is 8.58. The third-order valence-corrected chi connectivity index (χ3v) is 3.79.